The lowest BCUT2D eigenvalue weighted by molar-refractivity contribution is 0.0193. The lowest BCUT2D eigenvalue weighted by atomic mass is 9.81. The molecule has 0 aromatic carbocycles. The van der Waals surface area contributed by atoms with Crippen LogP contribution in [-0.2, 0) is 11.2 Å². The third-order valence-corrected chi connectivity index (χ3v) is 5.06. The second-order valence-electron chi connectivity index (χ2n) is 8.05. The number of aromatic nitrogens is 2. The Bertz CT molecular complexity index is 486. The van der Waals surface area contributed by atoms with Gasteiger partial charge in [0.15, 0.2) is 5.82 Å². The Morgan fingerprint density at radius 3 is 2.59 bits per heavy atom. The Labute approximate surface area is 133 Å². The lowest BCUT2D eigenvalue weighted by Gasteiger charge is -2.29. The molecule has 22 heavy (non-hydrogen) atoms. The molecule has 0 aliphatic carbocycles. The van der Waals surface area contributed by atoms with Crippen molar-refractivity contribution in [3.63, 3.8) is 0 Å². The lowest BCUT2D eigenvalue weighted by Crippen LogP contribution is -2.31. The van der Waals surface area contributed by atoms with Gasteiger partial charge in [0, 0.05) is 13.0 Å². The first kappa shape index (κ1) is 15.9. The van der Waals surface area contributed by atoms with Gasteiger partial charge in [0.1, 0.15) is 0 Å². The third-order valence-electron chi connectivity index (χ3n) is 5.06. The van der Waals surface area contributed by atoms with Crippen LogP contribution in [0.2, 0.25) is 0 Å². The Morgan fingerprint density at radius 1 is 1.18 bits per heavy atom. The molecule has 2 aliphatic rings. The normalized spacial score (nSPS) is 28.4. The maximum absolute atomic E-state index is 5.93. The molecule has 2 aliphatic heterocycles. The van der Waals surface area contributed by atoms with E-state index in [-0.39, 0.29) is 17.4 Å². The van der Waals surface area contributed by atoms with E-state index in [9.17, 15) is 0 Å². The highest BCUT2D eigenvalue weighted by Gasteiger charge is 2.40. The highest BCUT2D eigenvalue weighted by atomic mass is 16.5. The molecule has 2 saturated heterocycles. The standard InChI is InChI=1S/C17H29N3O2/c1-17(2,3)15-13(7-10-21-15)16-18-14(22-19-16)11-12-5-8-20(4)9-6-12/h12-13,15H,5-11H2,1-4H3/t13-,15-/m0/s1. The molecule has 1 aromatic heterocycles. The first-order valence-electron chi connectivity index (χ1n) is 8.56. The maximum Gasteiger partial charge on any atom is 0.226 e. The summed E-state index contributed by atoms with van der Waals surface area (Å²) >= 11 is 0. The molecule has 0 saturated carbocycles. The van der Waals surface area contributed by atoms with E-state index in [4.69, 9.17) is 14.2 Å². The van der Waals surface area contributed by atoms with E-state index >= 15 is 0 Å². The number of nitrogens with zero attached hydrogens (tertiary/aromatic N) is 3. The average Bonchev–Trinajstić information content (AvgIpc) is 3.09. The fourth-order valence-corrected chi connectivity index (χ4v) is 3.72. The Hall–Kier alpha value is -0.940. The third kappa shape index (κ3) is 3.51. The molecule has 2 atom stereocenters. The van der Waals surface area contributed by atoms with Crippen molar-refractivity contribution in [3.8, 4) is 0 Å². The van der Waals surface area contributed by atoms with Crippen LogP contribution in [0.3, 0.4) is 0 Å². The molecule has 1 aromatic rings. The molecule has 124 valence electrons. The molecule has 0 radical (unpaired) electrons. The van der Waals surface area contributed by atoms with Gasteiger partial charge in [0.05, 0.1) is 12.0 Å². The monoisotopic (exact) mass is 307 g/mol. The van der Waals surface area contributed by atoms with Gasteiger partial charge in [0.2, 0.25) is 5.89 Å². The van der Waals surface area contributed by atoms with E-state index in [0.717, 1.165) is 31.2 Å². The van der Waals surface area contributed by atoms with Crippen LogP contribution in [0, 0.1) is 11.3 Å². The molecule has 3 rings (SSSR count). The van der Waals surface area contributed by atoms with Crippen LogP contribution < -0.4 is 0 Å². The summed E-state index contributed by atoms with van der Waals surface area (Å²) in [5, 5.41) is 4.27. The molecule has 0 spiro atoms. The summed E-state index contributed by atoms with van der Waals surface area (Å²) in [5.41, 5.74) is 0.107. The number of hydrogen-bond donors (Lipinski definition) is 0. The van der Waals surface area contributed by atoms with Gasteiger partial charge in [-0.2, -0.15) is 4.98 Å². The number of hydrogen-bond acceptors (Lipinski definition) is 5. The van der Waals surface area contributed by atoms with Gasteiger partial charge in [-0.3, -0.25) is 0 Å². The van der Waals surface area contributed by atoms with E-state index in [1.807, 2.05) is 0 Å². The molecule has 5 heteroatoms. The minimum atomic E-state index is 0.107. The summed E-state index contributed by atoms with van der Waals surface area (Å²) in [6.45, 7) is 9.80. The smallest absolute Gasteiger partial charge is 0.226 e. The van der Waals surface area contributed by atoms with Gasteiger partial charge in [-0.1, -0.05) is 25.9 Å². The van der Waals surface area contributed by atoms with Crippen molar-refractivity contribution >= 4 is 0 Å². The summed E-state index contributed by atoms with van der Waals surface area (Å²) in [6.07, 6.45) is 4.56. The van der Waals surface area contributed by atoms with Crippen LogP contribution in [0.5, 0.6) is 0 Å². The molecule has 0 unspecified atom stereocenters. The zero-order valence-corrected chi connectivity index (χ0v) is 14.3. The summed E-state index contributed by atoms with van der Waals surface area (Å²) in [5.74, 6) is 2.61. The largest absolute Gasteiger partial charge is 0.377 e. The fourth-order valence-electron chi connectivity index (χ4n) is 3.72. The van der Waals surface area contributed by atoms with E-state index in [0.29, 0.717) is 5.92 Å². The van der Waals surface area contributed by atoms with Crippen molar-refractivity contribution in [2.45, 2.75) is 58.5 Å². The molecule has 2 fully saturated rings. The Kier molecular flexibility index (Phi) is 4.55. The van der Waals surface area contributed by atoms with Crippen LogP contribution in [-0.4, -0.2) is 47.9 Å². The van der Waals surface area contributed by atoms with Crippen molar-refractivity contribution in [2.75, 3.05) is 26.7 Å². The second-order valence-corrected chi connectivity index (χ2v) is 8.05. The maximum atomic E-state index is 5.93. The predicted molar refractivity (Wildman–Crippen MR) is 84.8 cm³/mol. The van der Waals surface area contributed by atoms with E-state index in [1.54, 1.807) is 0 Å². The number of likely N-dealkylation sites (tertiary alicyclic amines) is 1. The summed E-state index contributed by atoms with van der Waals surface area (Å²) in [4.78, 5) is 7.09. The average molecular weight is 307 g/mol. The molecular formula is C17H29N3O2. The molecule has 0 amide bonds. The van der Waals surface area contributed by atoms with Crippen LogP contribution >= 0.6 is 0 Å². The van der Waals surface area contributed by atoms with Crippen LogP contribution in [0.15, 0.2) is 4.52 Å². The molecule has 0 N–H and O–H groups in total. The molecule has 3 heterocycles. The van der Waals surface area contributed by atoms with Gasteiger partial charge in [-0.05, 0) is 50.7 Å². The summed E-state index contributed by atoms with van der Waals surface area (Å²) in [6, 6.07) is 0. The molecule has 5 nitrogen and oxygen atoms in total. The van der Waals surface area contributed by atoms with Crippen LogP contribution in [0.4, 0.5) is 0 Å². The summed E-state index contributed by atoms with van der Waals surface area (Å²) < 4.78 is 11.5. The Balaban J connectivity index is 1.63. The fraction of sp³-hybridized carbons (Fsp3) is 0.882. The van der Waals surface area contributed by atoms with Gasteiger partial charge in [0.25, 0.3) is 0 Å². The first-order valence-corrected chi connectivity index (χ1v) is 8.56. The molecular weight excluding hydrogens is 278 g/mol. The number of piperidine rings is 1. The van der Waals surface area contributed by atoms with Crippen molar-refractivity contribution in [2.24, 2.45) is 11.3 Å². The summed E-state index contributed by atoms with van der Waals surface area (Å²) in [7, 11) is 2.19. The zero-order chi connectivity index (χ0) is 15.7. The van der Waals surface area contributed by atoms with Crippen LogP contribution in [0.1, 0.15) is 57.7 Å². The predicted octanol–water partition coefficient (Wildman–Crippen LogP) is 2.87. The van der Waals surface area contributed by atoms with Gasteiger partial charge in [-0.25, -0.2) is 0 Å². The topological polar surface area (TPSA) is 51.4 Å². The highest BCUT2D eigenvalue weighted by molar-refractivity contribution is 5.05. The van der Waals surface area contributed by atoms with Crippen LogP contribution in [0.25, 0.3) is 0 Å². The van der Waals surface area contributed by atoms with Crippen molar-refractivity contribution < 1.29 is 9.26 Å². The van der Waals surface area contributed by atoms with Gasteiger partial charge >= 0.3 is 0 Å². The molecule has 0 bridgehead atoms. The van der Waals surface area contributed by atoms with E-state index < -0.39 is 0 Å². The SMILES string of the molecule is CN1CCC(Cc2nc([C@H]3CCO[C@@H]3C(C)(C)C)no2)CC1. The number of ether oxygens (including phenoxy) is 1. The highest BCUT2D eigenvalue weighted by Crippen LogP contribution is 2.39. The Morgan fingerprint density at radius 2 is 1.91 bits per heavy atom. The van der Waals surface area contributed by atoms with Crippen molar-refractivity contribution in [1.29, 1.82) is 0 Å². The quantitative estimate of drug-likeness (QED) is 0.859. The second kappa shape index (κ2) is 6.28. The first-order chi connectivity index (χ1) is 10.4. The zero-order valence-electron chi connectivity index (χ0n) is 14.3. The minimum absolute atomic E-state index is 0.107. The van der Waals surface area contributed by atoms with Gasteiger partial charge in [-0.15, -0.1) is 0 Å². The van der Waals surface area contributed by atoms with Crippen molar-refractivity contribution in [3.05, 3.63) is 11.7 Å². The van der Waals surface area contributed by atoms with Crippen molar-refractivity contribution in [1.82, 2.24) is 15.0 Å². The van der Waals surface area contributed by atoms with E-state index in [2.05, 4.69) is 37.9 Å². The van der Waals surface area contributed by atoms with E-state index in [1.165, 1.54) is 25.9 Å². The minimum Gasteiger partial charge on any atom is -0.377 e. The number of rotatable bonds is 3. The van der Waals surface area contributed by atoms with Gasteiger partial charge < -0.3 is 14.2 Å².